The Labute approximate surface area is 162 Å². The van der Waals surface area contributed by atoms with E-state index in [-0.39, 0.29) is 0 Å². The van der Waals surface area contributed by atoms with Crippen LogP contribution in [0.2, 0.25) is 0 Å². The second kappa shape index (κ2) is 5.92. The summed E-state index contributed by atoms with van der Waals surface area (Å²) >= 11 is 0. The molecule has 4 aromatic carbocycles. The molecule has 0 unspecified atom stereocenters. The Kier molecular flexibility index (Phi) is 3.26. The lowest BCUT2D eigenvalue weighted by Gasteiger charge is -2.12. The highest BCUT2D eigenvalue weighted by molar-refractivity contribution is 6.15. The zero-order valence-electron chi connectivity index (χ0n) is 15.2. The van der Waals surface area contributed by atoms with Gasteiger partial charge in [0.25, 0.3) is 0 Å². The maximum atomic E-state index is 5.96. The van der Waals surface area contributed by atoms with Gasteiger partial charge in [-0.1, -0.05) is 78.0 Å². The van der Waals surface area contributed by atoms with Gasteiger partial charge in [-0.2, -0.15) is 0 Å². The molecule has 2 heterocycles. The van der Waals surface area contributed by atoms with Gasteiger partial charge < -0.3 is 4.74 Å². The summed E-state index contributed by atoms with van der Waals surface area (Å²) in [6.45, 7) is 1.23. The van der Waals surface area contributed by atoms with Crippen molar-refractivity contribution in [1.82, 2.24) is 15.0 Å². The van der Waals surface area contributed by atoms with Gasteiger partial charge in [0.15, 0.2) is 0 Å². The minimum absolute atomic E-state index is 0.547. The van der Waals surface area contributed by atoms with Gasteiger partial charge in [-0.3, -0.25) is 0 Å². The normalized spacial score (nSPS) is 12.6. The van der Waals surface area contributed by atoms with Gasteiger partial charge in [-0.15, -0.1) is 5.10 Å². The van der Waals surface area contributed by atoms with E-state index in [0.29, 0.717) is 13.2 Å². The first kappa shape index (κ1) is 15.4. The molecule has 1 aliphatic rings. The molecule has 0 bridgehead atoms. The highest BCUT2D eigenvalue weighted by atomic mass is 16.5. The van der Waals surface area contributed by atoms with E-state index in [4.69, 9.17) is 4.74 Å². The number of benzene rings is 4. The average Bonchev–Trinajstić information content (AvgIpc) is 3.36. The van der Waals surface area contributed by atoms with Crippen molar-refractivity contribution < 1.29 is 4.74 Å². The molecule has 0 N–H and O–H groups in total. The van der Waals surface area contributed by atoms with Crippen molar-refractivity contribution in [3.05, 3.63) is 90.0 Å². The maximum Gasteiger partial charge on any atom is 0.128 e. The van der Waals surface area contributed by atoms with Gasteiger partial charge in [0.05, 0.1) is 12.1 Å². The van der Waals surface area contributed by atoms with Crippen LogP contribution in [0.25, 0.3) is 32.9 Å². The molecule has 0 amide bonds. The first-order valence-corrected chi connectivity index (χ1v) is 9.43. The lowest BCUT2D eigenvalue weighted by Crippen LogP contribution is -2.03. The topological polar surface area (TPSA) is 39.9 Å². The Morgan fingerprint density at radius 3 is 2.46 bits per heavy atom. The van der Waals surface area contributed by atoms with Gasteiger partial charge in [-0.25, -0.2) is 4.68 Å². The first-order valence-electron chi connectivity index (χ1n) is 9.43. The van der Waals surface area contributed by atoms with Crippen LogP contribution in [-0.4, -0.2) is 15.0 Å². The van der Waals surface area contributed by atoms with E-state index in [9.17, 15) is 0 Å². The second-order valence-electron chi connectivity index (χ2n) is 7.12. The van der Waals surface area contributed by atoms with E-state index in [2.05, 4.69) is 71.0 Å². The van der Waals surface area contributed by atoms with Crippen molar-refractivity contribution in [2.24, 2.45) is 0 Å². The van der Waals surface area contributed by atoms with Gasteiger partial charge in [-0.05, 0) is 22.6 Å². The summed E-state index contributed by atoms with van der Waals surface area (Å²) in [5, 5.41) is 11.5. The van der Waals surface area contributed by atoms with E-state index in [1.165, 1.54) is 27.5 Å². The molecule has 4 nitrogen and oxygen atoms in total. The summed E-state index contributed by atoms with van der Waals surface area (Å²) in [6.07, 6.45) is 0. The van der Waals surface area contributed by atoms with Crippen LogP contribution in [0.1, 0.15) is 11.1 Å². The van der Waals surface area contributed by atoms with E-state index >= 15 is 0 Å². The molecule has 0 aliphatic carbocycles. The van der Waals surface area contributed by atoms with Crippen molar-refractivity contribution in [1.29, 1.82) is 0 Å². The van der Waals surface area contributed by atoms with Gasteiger partial charge in [0.1, 0.15) is 17.9 Å². The zero-order chi connectivity index (χ0) is 18.5. The molecule has 28 heavy (non-hydrogen) atoms. The minimum Gasteiger partial charge on any atom is -0.488 e. The summed E-state index contributed by atoms with van der Waals surface area (Å²) in [5.74, 6) is 0.934. The number of hydrogen-bond acceptors (Lipinski definition) is 3. The first-order chi connectivity index (χ1) is 13.9. The molecule has 0 saturated carbocycles. The van der Waals surface area contributed by atoms with Crippen LogP contribution in [-0.2, 0) is 13.2 Å². The fraction of sp³-hybridized carbons (Fsp3) is 0.0833. The number of fused-ring (bicyclic) bond motifs is 2. The molecule has 0 spiro atoms. The fourth-order valence-electron chi connectivity index (χ4n) is 4.24. The molecule has 0 fully saturated rings. The average molecular weight is 363 g/mol. The monoisotopic (exact) mass is 363 g/mol. The Morgan fingerprint density at radius 1 is 0.857 bits per heavy atom. The molecule has 5 aromatic rings. The maximum absolute atomic E-state index is 5.96. The van der Waals surface area contributed by atoms with Crippen LogP contribution in [0, 0.1) is 0 Å². The van der Waals surface area contributed by atoms with E-state index < -0.39 is 0 Å². The van der Waals surface area contributed by atoms with Crippen molar-refractivity contribution in [3.8, 4) is 16.9 Å². The Morgan fingerprint density at radius 2 is 1.64 bits per heavy atom. The quantitative estimate of drug-likeness (QED) is 0.443. The van der Waals surface area contributed by atoms with E-state index in [1.54, 1.807) is 0 Å². The van der Waals surface area contributed by atoms with Gasteiger partial charge >= 0.3 is 0 Å². The Balaban J connectivity index is 1.72. The number of hydrogen-bond donors (Lipinski definition) is 0. The zero-order valence-corrected chi connectivity index (χ0v) is 15.2. The van der Waals surface area contributed by atoms with Crippen LogP contribution >= 0.6 is 0 Å². The lowest BCUT2D eigenvalue weighted by molar-refractivity contribution is 0.328. The molecular formula is C24H17N3O. The summed E-state index contributed by atoms with van der Waals surface area (Å²) in [4.78, 5) is 0. The Hall–Kier alpha value is -3.66. The molecule has 6 rings (SSSR count). The van der Waals surface area contributed by atoms with Crippen LogP contribution in [0.15, 0.2) is 78.9 Å². The highest BCUT2D eigenvalue weighted by Crippen LogP contribution is 2.45. The number of ether oxygens (including phenoxy) is 1. The third-order valence-corrected chi connectivity index (χ3v) is 5.46. The van der Waals surface area contributed by atoms with Crippen LogP contribution in [0.5, 0.6) is 5.75 Å². The third-order valence-electron chi connectivity index (χ3n) is 5.46. The predicted molar refractivity (Wildman–Crippen MR) is 110 cm³/mol. The number of rotatable bonds is 3. The number of nitrogens with zero attached hydrogens (tertiary/aromatic N) is 3. The molecule has 4 heteroatoms. The summed E-state index contributed by atoms with van der Waals surface area (Å²) in [5.41, 5.74) is 6.68. The predicted octanol–water partition coefficient (Wildman–Crippen LogP) is 5.19. The second-order valence-corrected chi connectivity index (χ2v) is 7.12. The van der Waals surface area contributed by atoms with Crippen molar-refractivity contribution in [2.45, 2.75) is 13.2 Å². The summed E-state index contributed by atoms with van der Waals surface area (Å²) in [6, 6.07) is 27.2. The number of aromatic nitrogens is 3. The summed E-state index contributed by atoms with van der Waals surface area (Å²) < 4.78 is 7.99. The van der Waals surface area contributed by atoms with Gasteiger partial charge in [0.2, 0.25) is 0 Å². The molecule has 1 aliphatic heterocycles. The molecule has 134 valence electrons. The molecular weight excluding hydrogens is 346 g/mol. The van der Waals surface area contributed by atoms with Crippen molar-refractivity contribution in [3.63, 3.8) is 0 Å². The molecule has 1 aromatic heterocycles. The fourth-order valence-corrected chi connectivity index (χ4v) is 4.24. The third kappa shape index (κ3) is 2.18. The SMILES string of the molecule is c1ccc(Cn2nnc3c4c5c(cccc5c(-c5ccccc5)c32)OC4)cc1. The van der Waals surface area contributed by atoms with Crippen LogP contribution in [0.4, 0.5) is 0 Å². The van der Waals surface area contributed by atoms with Crippen LogP contribution < -0.4 is 4.74 Å². The Bertz CT molecular complexity index is 1320. The smallest absolute Gasteiger partial charge is 0.128 e. The highest BCUT2D eigenvalue weighted by Gasteiger charge is 2.26. The molecule has 0 saturated heterocycles. The van der Waals surface area contributed by atoms with E-state index in [0.717, 1.165) is 22.3 Å². The summed E-state index contributed by atoms with van der Waals surface area (Å²) in [7, 11) is 0. The van der Waals surface area contributed by atoms with Gasteiger partial charge in [0, 0.05) is 16.5 Å². The largest absolute Gasteiger partial charge is 0.488 e. The standard InChI is InChI=1S/C24H17N3O/c1-3-8-16(9-4-1)14-27-24-21(17-10-5-2-6-11-17)18-12-7-13-20-22(18)19(15-28-20)23(24)25-26-27/h1-13H,14-15H2. The minimum atomic E-state index is 0.547. The van der Waals surface area contributed by atoms with Crippen molar-refractivity contribution >= 4 is 21.8 Å². The van der Waals surface area contributed by atoms with Crippen LogP contribution in [0.3, 0.4) is 0 Å². The molecule has 0 atom stereocenters. The lowest BCUT2D eigenvalue weighted by atomic mass is 9.93. The van der Waals surface area contributed by atoms with Crippen molar-refractivity contribution in [2.75, 3.05) is 0 Å². The van der Waals surface area contributed by atoms with E-state index in [1.807, 2.05) is 22.9 Å². The molecule has 0 radical (unpaired) electrons.